The van der Waals surface area contributed by atoms with Gasteiger partial charge in [0.1, 0.15) is 0 Å². The highest BCUT2D eigenvalue weighted by atomic mass is 35.5. The van der Waals surface area contributed by atoms with Crippen LogP contribution in [0.1, 0.15) is 52.4 Å². The number of halogens is 2. The van der Waals surface area contributed by atoms with Crippen LogP contribution in [0.2, 0.25) is 0 Å². The molecule has 1 aliphatic rings. The summed E-state index contributed by atoms with van der Waals surface area (Å²) < 4.78 is 0.654. The first-order chi connectivity index (χ1) is 11.9. The zero-order chi connectivity index (χ0) is 18.3. The van der Waals surface area contributed by atoms with Crippen LogP contribution in [-0.4, -0.2) is 33.0 Å². The molecule has 1 fully saturated rings. The molecule has 0 radical (unpaired) electrons. The fraction of sp³-hybridized carbons (Fsp3) is 0.632. The van der Waals surface area contributed by atoms with E-state index in [0.29, 0.717) is 0 Å². The molecule has 2 rings (SSSR count). The summed E-state index contributed by atoms with van der Waals surface area (Å²) in [7, 11) is 0. The van der Waals surface area contributed by atoms with Crippen molar-refractivity contribution >= 4 is 46.7 Å². The molecule has 0 spiro atoms. The largest absolute Gasteiger partial charge is 0.307 e. The molecule has 0 atom stereocenters. The van der Waals surface area contributed by atoms with Crippen molar-refractivity contribution in [3.63, 3.8) is 0 Å². The van der Waals surface area contributed by atoms with Gasteiger partial charge >= 0.3 is 0 Å². The fourth-order valence-corrected chi connectivity index (χ4v) is 4.78. The van der Waals surface area contributed by atoms with Crippen molar-refractivity contribution < 1.29 is 4.79 Å². The van der Waals surface area contributed by atoms with Gasteiger partial charge in [-0.15, -0.1) is 0 Å². The number of carbonyl (C=O) groups is 1. The van der Waals surface area contributed by atoms with Gasteiger partial charge in [0.15, 0.2) is 0 Å². The van der Waals surface area contributed by atoms with Gasteiger partial charge in [-0.05, 0) is 50.8 Å². The van der Waals surface area contributed by atoms with E-state index >= 15 is 0 Å². The van der Waals surface area contributed by atoms with E-state index in [9.17, 15) is 4.79 Å². The lowest BCUT2D eigenvalue weighted by Crippen LogP contribution is -2.46. The Balaban J connectivity index is 2.10. The Morgan fingerprint density at radius 3 is 2.08 bits per heavy atom. The van der Waals surface area contributed by atoms with Crippen molar-refractivity contribution in [1.82, 2.24) is 4.31 Å². The van der Waals surface area contributed by atoms with E-state index in [-0.39, 0.29) is 11.9 Å². The van der Waals surface area contributed by atoms with Gasteiger partial charge in [0, 0.05) is 24.8 Å². The van der Waals surface area contributed by atoms with E-state index in [4.69, 9.17) is 23.2 Å². The van der Waals surface area contributed by atoms with Gasteiger partial charge in [-0.25, -0.2) is 4.31 Å². The second kappa shape index (κ2) is 10.1. The predicted octanol–water partition coefficient (Wildman–Crippen LogP) is 5.86. The molecule has 1 amide bonds. The summed E-state index contributed by atoms with van der Waals surface area (Å²) in [4.78, 5) is 14.8. The van der Waals surface area contributed by atoms with Crippen LogP contribution in [0.5, 0.6) is 0 Å². The summed E-state index contributed by atoms with van der Waals surface area (Å²) in [6.45, 7) is 5.79. The molecule has 0 unspecified atom stereocenters. The molecule has 1 heterocycles. The number of para-hydroxylation sites is 1. The van der Waals surface area contributed by atoms with E-state index in [1.54, 1.807) is 4.90 Å². The van der Waals surface area contributed by atoms with Crippen molar-refractivity contribution in [2.45, 2.75) is 62.1 Å². The number of anilines is 1. The highest BCUT2D eigenvalue weighted by molar-refractivity contribution is 8.02. The molecule has 25 heavy (non-hydrogen) atoms. The number of alkyl halides is 2. The van der Waals surface area contributed by atoms with Crippen molar-refractivity contribution in [1.29, 1.82) is 0 Å². The quantitative estimate of drug-likeness (QED) is 0.454. The van der Waals surface area contributed by atoms with Crippen LogP contribution >= 0.6 is 35.1 Å². The first-order valence-corrected chi connectivity index (χ1v) is 10.7. The third-order valence-electron chi connectivity index (χ3n) is 4.33. The van der Waals surface area contributed by atoms with Crippen molar-refractivity contribution in [2.75, 3.05) is 18.0 Å². The van der Waals surface area contributed by atoms with Crippen LogP contribution < -0.4 is 4.90 Å². The highest BCUT2D eigenvalue weighted by Crippen LogP contribution is 2.41. The molecular weight excluding hydrogens is 375 g/mol. The zero-order valence-corrected chi connectivity index (χ0v) is 17.4. The molecule has 1 aromatic carbocycles. The van der Waals surface area contributed by atoms with Gasteiger partial charge in [-0.3, -0.25) is 4.79 Å². The van der Waals surface area contributed by atoms with Crippen LogP contribution in [0.4, 0.5) is 5.69 Å². The third-order valence-corrected chi connectivity index (χ3v) is 6.09. The first-order valence-electron chi connectivity index (χ1n) is 9.12. The maximum Gasteiger partial charge on any atom is 0.275 e. The average Bonchev–Trinajstić information content (AvgIpc) is 2.69. The Hall–Kier alpha value is -0.420. The highest BCUT2D eigenvalue weighted by Gasteiger charge is 2.41. The SMILES string of the molecule is CC(C)N(C(=O)C(Cl)(Cl)SN1CCCCCCCC1)c1ccccc1. The summed E-state index contributed by atoms with van der Waals surface area (Å²) in [5.74, 6) is -0.276. The number of hydrogen-bond acceptors (Lipinski definition) is 3. The first kappa shape index (κ1) is 20.9. The summed E-state index contributed by atoms with van der Waals surface area (Å²) >= 11 is 14.4. The van der Waals surface area contributed by atoms with E-state index in [1.165, 1.54) is 37.6 Å². The van der Waals surface area contributed by atoms with E-state index in [2.05, 4.69) is 4.31 Å². The van der Waals surface area contributed by atoms with Crippen molar-refractivity contribution in [3.8, 4) is 0 Å². The summed E-state index contributed by atoms with van der Waals surface area (Å²) in [5.41, 5.74) is 0.818. The fourth-order valence-electron chi connectivity index (χ4n) is 3.07. The Morgan fingerprint density at radius 2 is 1.56 bits per heavy atom. The molecule has 0 saturated carbocycles. The van der Waals surface area contributed by atoms with Crippen LogP contribution in [0.25, 0.3) is 0 Å². The lowest BCUT2D eigenvalue weighted by Gasteiger charge is -2.34. The smallest absolute Gasteiger partial charge is 0.275 e. The monoisotopic (exact) mass is 402 g/mol. The third kappa shape index (κ3) is 6.35. The van der Waals surface area contributed by atoms with E-state index in [1.807, 2.05) is 44.2 Å². The number of rotatable bonds is 5. The summed E-state index contributed by atoms with van der Waals surface area (Å²) in [5, 5.41) is 0. The van der Waals surface area contributed by atoms with Crippen molar-refractivity contribution in [3.05, 3.63) is 30.3 Å². The molecule has 0 bridgehead atoms. The molecule has 0 N–H and O–H groups in total. The maximum atomic E-state index is 13.1. The number of hydrogen-bond donors (Lipinski definition) is 0. The molecule has 1 aliphatic heterocycles. The Morgan fingerprint density at radius 1 is 1.04 bits per heavy atom. The number of carbonyl (C=O) groups excluding carboxylic acids is 1. The maximum absolute atomic E-state index is 13.1. The molecular formula is C19H28Cl2N2OS. The summed E-state index contributed by atoms with van der Waals surface area (Å²) in [6.07, 6.45) is 7.28. The standard InChI is InChI=1S/C19H28Cl2N2OS/c1-16(2)23(17-12-8-7-9-13-17)18(24)19(20,21)25-22-14-10-5-3-4-6-11-15-22/h7-9,12-13,16H,3-6,10-11,14-15H2,1-2H3. The molecule has 140 valence electrons. The normalized spacial score (nSPS) is 17.6. The molecule has 0 aliphatic carbocycles. The number of nitrogens with zero attached hydrogens (tertiary/aromatic N) is 2. The van der Waals surface area contributed by atoms with Gasteiger partial charge in [0.05, 0.1) is 0 Å². The second-order valence-corrected chi connectivity index (χ2v) is 9.85. The Labute approximate surface area is 166 Å². The van der Waals surface area contributed by atoms with E-state index < -0.39 is 3.67 Å². The van der Waals surface area contributed by atoms with Crippen LogP contribution in [0.15, 0.2) is 30.3 Å². The molecule has 0 aromatic heterocycles. The topological polar surface area (TPSA) is 23.6 Å². The Kier molecular flexibility index (Phi) is 8.40. The van der Waals surface area contributed by atoms with Gasteiger partial charge in [0.2, 0.25) is 0 Å². The molecule has 1 aromatic rings. The van der Waals surface area contributed by atoms with Gasteiger partial charge in [0.25, 0.3) is 9.57 Å². The lowest BCUT2D eigenvalue weighted by atomic mass is 10.1. The molecule has 1 saturated heterocycles. The number of benzene rings is 1. The number of amides is 1. The molecule has 3 nitrogen and oxygen atoms in total. The van der Waals surface area contributed by atoms with Crippen molar-refractivity contribution in [2.24, 2.45) is 0 Å². The zero-order valence-electron chi connectivity index (χ0n) is 15.1. The minimum atomic E-state index is -1.52. The Bertz CT molecular complexity index is 529. The van der Waals surface area contributed by atoms with Gasteiger partial charge in [-0.2, -0.15) is 0 Å². The minimum absolute atomic E-state index is 0.0251. The summed E-state index contributed by atoms with van der Waals surface area (Å²) in [6, 6.07) is 9.55. The van der Waals surface area contributed by atoms with Gasteiger partial charge < -0.3 is 4.90 Å². The van der Waals surface area contributed by atoms with Crippen LogP contribution in [0.3, 0.4) is 0 Å². The average molecular weight is 403 g/mol. The molecule has 6 heteroatoms. The van der Waals surface area contributed by atoms with Crippen LogP contribution in [0, 0.1) is 0 Å². The predicted molar refractivity (Wildman–Crippen MR) is 110 cm³/mol. The van der Waals surface area contributed by atoms with Gasteiger partial charge in [-0.1, -0.05) is 67.1 Å². The van der Waals surface area contributed by atoms with Crippen LogP contribution in [-0.2, 0) is 4.79 Å². The second-order valence-electron chi connectivity index (χ2n) is 6.76. The minimum Gasteiger partial charge on any atom is -0.307 e. The van der Waals surface area contributed by atoms with E-state index in [0.717, 1.165) is 31.6 Å². The lowest BCUT2D eigenvalue weighted by molar-refractivity contribution is -0.118.